The molecule has 0 aliphatic carbocycles. The van der Waals surface area contributed by atoms with Crippen LogP contribution in [0.3, 0.4) is 0 Å². The third kappa shape index (κ3) is 3.66. The summed E-state index contributed by atoms with van der Waals surface area (Å²) in [5.74, 6) is -0.663. The number of aliphatic hydroxyl groups excluding tert-OH is 1. The third-order valence-corrected chi connectivity index (χ3v) is 3.36. The SMILES string of the molecule is CCCN(CCO)c1ccc(S(N)(=O)=O)cc1F. The lowest BCUT2D eigenvalue weighted by molar-refractivity contribution is 0.301. The summed E-state index contributed by atoms with van der Waals surface area (Å²) in [6, 6.07) is 3.51. The van der Waals surface area contributed by atoms with Gasteiger partial charge in [-0.05, 0) is 24.6 Å². The van der Waals surface area contributed by atoms with E-state index in [2.05, 4.69) is 0 Å². The fourth-order valence-electron chi connectivity index (χ4n) is 1.66. The van der Waals surface area contributed by atoms with Gasteiger partial charge in [0.1, 0.15) is 5.82 Å². The summed E-state index contributed by atoms with van der Waals surface area (Å²) in [5, 5.41) is 13.8. The largest absolute Gasteiger partial charge is 0.395 e. The van der Waals surface area contributed by atoms with Crippen molar-refractivity contribution < 1.29 is 17.9 Å². The third-order valence-electron chi connectivity index (χ3n) is 2.45. The Hall–Kier alpha value is -1.18. The van der Waals surface area contributed by atoms with Crippen molar-refractivity contribution in [3.8, 4) is 0 Å². The molecule has 5 nitrogen and oxygen atoms in total. The van der Waals surface area contributed by atoms with Crippen LogP contribution in [0.5, 0.6) is 0 Å². The molecule has 1 rings (SSSR count). The molecule has 1 aromatic rings. The van der Waals surface area contributed by atoms with Gasteiger partial charge in [0.15, 0.2) is 0 Å². The Morgan fingerprint density at radius 2 is 2.06 bits per heavy atom. The van der Waals surface area contributed by atoms with Gasteiger partial charge in [-0.3, -0.25) is 0 Å². The van der Waals surface area contributed by atoms with E-state index in [1.54, 1.807) is 4.90 Å². The van der Waals surface area contributed by atoms with Crippen LogP contribution >= 0.6 is 0 Å². The molecule has 0 aromatic heterocycles. The molecule has 0 saturated carbocycles. The second kappa shape index (κ2) is 6.12. The molecule has 0 amide bonds. The van der Waals surface area contributed by atoms with E-state index in [-0.39, 0.29) is 17.2 Å². The lowest BCUT2D eigenvalue weighted by atomic mass is 10.2. The molecule has 0 spiro atoms. The molecule has 7 heteroatoms. The number of halogens is 1. The summed E-state index contributed by atoms with van der Waals surface area (Å²) in [7, 11) is -3.90. The molecule has 18 heavy (non-hydrogen) atoms. The second-order valence-electron chi connectivity index (χ2n) is 3.87. The maximum atomic E-state index is 13.8. The van der Waals surface area contributed by atoms with Crippen molar-refractivity contribution in [1.29, 1.82) is 0 Å². The normalized spacial score (nSPS) is 11.6. The molecule has 0 unspecified atom stereocenters. The Morgan fingerprint density at radius 3 is 2.50 bits per heavy atom. The van der Waals surface area contributed by atoms with Gasteiger partial charge in [0.25, 0.3) is 0 Å². The van der Waals surface area contributed by atoms with Gasteiger partial charge < -0.3 is 10.0 Å². The first-order valence-electron chi connectivity index (χ1n) is 5.58. The van der Waals surface area contributed by atoms with E-state index in [1.165, 1.54) is 12.1 Å². The molecule has 0 aliphatic heterocycles. The maximum Gasteiger partial charge on any atom is 0.238 e. The molecule has 0 aliphatic rings. The van der Waals surface area contributed by atoms with E-state index in [0.717, 1.165) is 12.5 Å². The first-order valence-corrected chi connectivity index (χ1v) is 7.13. The Balaban J connectivity index is 3.10. The van der Waals surface area contributed by atoms with Crippen molar-refractivity contribution in [2.75, 3.05) is 24.6 Å². The molecule has 0 bridgehead atoms. The van der Waals surface area contributed by atoms with Gasteiger partial charge in [0.2, 0.25) is 10.0 Å². The second-order valence-corrected chi connectivity index (χ2v) is 5.43. The van der Waals surface area contributed by atoms with E-state index in [9.17, 15) is 12.8 Å². The number of nitrogens with zero attached hydrogens (tertiary/aromatic N) is 1. The van der Waals surface area contributed by atoms with Crippen LogP contribution in [-0.2, 0) is 10.0 Å². The molecule has 0 fully saturated rings. The highest BCUT2D eigenvalue weighted by Crippen LogP contribution is 2.22. The van der Waals surface area contributed by atoms with Crippen molar-refractivity contribution >= 4 is 15.7 Å². The first kappa shape index (κ1) is 14.9. The summed E-state index contributed by atoms with van der Waals surface area (Å²) in [4.78, 5) is 1.40. The van der Waals surface area contributed by atoms with Crippen LogP contribution in [0.1, 0.15) is 13.3 Å². The van der Waals surface area contributed by atoms with Gasteiger partial charge in [0.05, 0.1) is 17.2 Å². The number of hydrogen-bond donors (Lipinski definition) is 2. The summed E-state index contributed by atoms with van der Waals surface area (Å²) in [6.45, 7) is 2.70. The van der Waals surface area contributed by atoms with Crippen molar-refractivity contribution in [1.82, 2.24) is 0 Å². The number of aliphatic hydroxyl groups is 1. The van der Waals surface area contributed by atoms with Crippen LogP contribution < -0.4 is 10.0 Å². The van der Waals surface area contributed by atoms with Crippen LogP contribution in [-0.4, -0.2) is 33.2 Å². The van der Waals surface area contributed by atoms with Crippen molar-refractivity contribution in [3.63, 3.8) is 0 Å². The fraction of sp³-hybridized carbons (Fsp3) is 0.455. The predicted molar refractivity (Wildman–Crippen MR) is 67.4 cm³/mol. The van der Waals surface area contributed by atoms with E-state index in [0.29, 0.717) is 13.1 Å². The number of nitrogens with two attached hydrogens (primary N) is 1. The molecule has 102 valence electrons. The molecule has 3 N–H and O–H groups in total. The van der Waals surface area contributed by atoms with Crippen LogP contribution in [0, 0.1) is 5.82 Å². The van der Waals surface area contributed by atoms with Crippen LogP contribution in [0.2, 0.25) is 0 Å². The average molecular weight is 276 g/mol. The maximum absolute atomic E-state index is 13.8. The van der Waals surface area contributed by atoms with Gasteiger partial charge in [-0.2, -0.15) is 0 Å². The number of anilines is 1. The van der Waals surface area contributed by atoms with Gasteiger partial charge in [-0.15, -0.1) is 0 Å². The van der Waals surface area contributed by atoms with Crippen LogP contribution in [0.15, 0.2) is 23.1 Å². The Morgan fingerprint density at radius 1 is 1.39 bits per heavy atom. The van der Waals surface area contributed by atoms with Crippen molar-refractivity contribution in [3.05, 3.63) is 24.0 Å². The minimum Gasteiger partial charge on any atom is -0.395 e. The number of rotatable bonds is 6. The fourth-order valence-corrected chi connectivity index (χ4v) is 2.19. The monoisotopic (exact) mass is 276 g/mol. The Kier molecular flexibility index (Phi) is 5.06. The standard InChI is InChI=1S/C11H17FN2O3S/c1-2-5-14(6-7-15)11-4-3-9(8-10(11)12)18(13,16)17/h3-4,8,15H,2,5-7H2,1H3,(H2,13,16,17). The van der Waals surface area contributed by atoms with Crippen molar-refractivity contribution in [2.45, 2.75) is 18.2 Å². The Labute approximate surface area is 106 Å². The topological polar surface area (TPSA) is 83.6 Å². The van der Waals surface area contributed by atoms with Gasteiger partial charge in [0, 0.05) is 13.1 Å². The number of primary sulfonamides is 1. The Bertz CT molecular complexity index is 499. The zero-order valence-corrected chi connectivity index (χ0v) is 11.0. The number of hydrogen-bond acceptors (Lipinski definition) is 4. The quantitative estimate of drug-likeness (QED) is 0.800. The van der Waals surface area contributed by atoms with E-state index < -0.39 is 15.8 Å². The highest BCUT2D eigenvalue weighted by molar-refractivity contribution is 7.89. The van der Waals surface area contributed by atoms with E-state index in [4.69, 9.17) is 10.2 Å². The van der Waals surface area contributed by atoms with Crippen LogP contribution in [0.25, 0.3) is 0 Å². The molecule has 0 radical (unpaired) electrons. The average Bonchev–Trinajstić information content (AvgIpc) is 2.27. The lowest BCUT2D eigenvalue weighted by Crippen LogP contribution is -2.28. The summed E-state index contributed by atoms with van der Waals surface area (Å²) >= 11 is 0. The smallest absolute Gasteiger partial charge is 0.238 e. The minimum absolute atomic E-state index is 0.101. The zero-order valence-electron chi connectivity index (χ0n) is 10.1. The van der Waals surface area contributed by atoms with E-state index >= 15 is 0 Å². The highest BCUT2D eigenvalue weighted by Gasteiger charge is 2.15. The predicted octanol–water partition coefficient (Wildman–Crippen LogP) is 0.682. The van der Waals surface area contributed by atoms with Crippen LogP contribution in [0.4, 0.5) is 10.1 Å². The number of benzene rings is 1. The molecule has 0 saturated heterocycles. The highest BCUT2D eigenvalue weighted by atomic mass is 32.2. The molecule has 0 atom stereocenters. The molecule has 0 heterocycles. The van der Waals surface area contributed by atoms with Gasteiger partial charge in [-0.25, -0.2) is 17.9 Å². The zero-order chi connectivity index (χ0) is 13.8. The number of sulfonamides is 1. The van der Waals surface area contributed by atoms with E-state index in [1.807, 2.05) is 6.92 Å². The first-order chi connectivity index (χ1) is 8.40. The lowest BCUT2D eigenvalue weighted by Gasteiger charge is -2.23. The van der Waals surface area contributed by atoms with Crippen molar-refractivity contribution in [2.24, 2.45) is 5.14 Å². The van der Waals surface area contributed by atoms with Gasteiger partial charge >= 0.3 is 0 Å². The molecule has 1 aromatic carbocycles. The molecular weight excluding hydrogens is 259 g/mol. The summed E-state index contributed by atoms with van der Waals surface area (Å²) in [5.41, 5.74) is 0.262. The summed E-state index contributed by atoms with van der Waals surface area (Å²) in [6.07, 6.45) is 0.788. The summed E-state index contributed by atoms with van der Waals surface area (Å²) < 4.78 is 36.0. The minimum atomic E-state index is -3.90. The molecular formula is C11H17FN2O3S. The van der Waals surface area contributed by atoms with Gasteiger partial charge in [-0.1, -0.05) is 6.92 Å².